The maximum absolute atomic E-state index is 12.2. The zero-order valence-electron chi connectivity index (χ0n) is 16.8. The Morgan fingerprint density at radius 1 is 1.20 bits per heavy atom. The number of nitrogens with one attached hydrogen (secondary N) is 2. The third kappa shape index (κ3) is 4.09. The van der Waals surface area contributed by atoms with Crippen molar-refractivity contribution in [2.24, 2.45) is 0 Å². The molecular weight excluding hydrogens is 406 g/mol. The number of rotatable bonds is 5. The molecule has 30 heavy (non-hydrogen) atoms. The minimum absolute atomic E-state index is 0.317. The molecule has 1 aliphatic carbocycles. The fourth-order valence-electron chi connectivity index (χ4n) is 3.48. The Balaban J connectivity index is 1.35. The molecule has 9 heteroatoms. The molecule has 8 nitrogen and oxygen atoms in total. The lowest BCUT2D eigenvalue weighted by Crippen LogP contribution is -2.22. The molecule has 0 bridgehead atoms. The number of aromatic amines is 1. The number of amides is 1. The summed E-state index contributed by atoms with van der Waals surface area (Å²) in [5, 5.41) is 10.6. The van der Waals surface area contributed by atoms with Gasteiger partial charge in [0.2, 0.25) is 0 Å². The Kier molecular flexibility index (Phi) is 5.59. The number of hydrogen-bond acceptors (Lipinski definition) is 5. The van der Waals surface area contributed by atoms with Crippen LogP contribution in [0, 0.1) is 6.92 Å². The summed E-state index contributed by atoms with van der Waals surface area (Å²) >= 11 is 6.19. The van der Waals surface area contributed by atoms with E-state index in [2.05, 4.69) is 20.5 Å². The molecule has 0 saturated heterocycles. The number of H-pyrrole nitrogens is 1. The van der Waals surface area contributed by atoms with Gasteiger partial charge in [0.15, 0.2) is 18.1 Å². The van der Waals surface area contributed by atoms with Gasteiger partial charge in [-0.3, -0.25) is 9.89 Å². The molecule has 0 aliphatic heterocycles. The van der Waals surface area contributed by atoms with Crippen molar-refractivity contribution in [1.82, 2.24) is 19.8 Å². The second-order valence-electron chi connectivity index (χ2n) is 7.39. The van der Waals surface area contributed by atoms with E-state index in [4.69, 9.17) is 16.3 Å². The molecule has 1 aliphatic rings. The summed E-state index contributed by atoms with van der Waals surface area (Å²) in [5.74, 6) is -0.264. The minimum Gasteiger partial charge on any atom is -0.452 e. The largest absolute Gasteiger partial charge is 0.452 e. The van der Waals surface area contributed by atoms with Crippen molar-refractivity contribution in [2.45, 2.75) is 39.5 Å². The molecule has 0 atom stereocenters. The van der Waals surface area contributed by atoms with E-state index in [-0.39, 0.29) is 12.5 Å². The maximum Gasteiger partial charge on any atom is 0.334 e. The molecule has 0 fully saturated rings. The fraction of sp³-hybridized carbons (Fsp3) is 0.333. The lowest BCUT2D eigenvalue weighted by molar-refractivity contribution is -0.143. The summed E-state index contributed by atoms with van der Waals surface area (Å²) in [4.78, 5) is 28.7. The number of hydrogen-bond donors (Lipinski definition) is 2. The van der Waals surface area contributed by atoms with Gasteiger partial charge in [-0.15, -0.1) is 5.10 Å². The highest BCUT2D eigenvalue weighted by Gasteiger charge is 2.19. The summed E-state index contributed by atoms with van der Waals surface area (Å²) in [6.45, 7) is 3.48. The maximum atomic E-state index is 12.2. The molecule has 3 aromatic rings. The van der Waals surface area contributed by atoms with Gasteiger partial charge in [0, 0.05) is 16.8 Å². The average molecular weight is 428 g/mol. The zero-order valence-corrected chi connectivity index (χ0v) is 17.5. The molecule has 2 heterocycles. The van der Waals surface area contributed by atoms with Crippen molar-refractivity contribution in [3.63, 3.8) is 0 Å². The van der Waals surface area contributed by atoms with Crippen molar-refractivity contribution < 1.29 is 14.3 Å². The van der Waals surface area contributed by atoms with Crippen molar-refractivity contribution in [3.8, 4) is 11.4 Å². The summed E-state index contributed by atoms with van der Waals surface area (Å²) < 4.78 is 6.71. The van der Waals surface area contributed by atoms with Gasteiger partial charge in [-0.05, 0) is 63.8 Å². The summed E-state index contributed by atoms with van der Waals surface area (Å²) in [5.41, 5.74) is 4.50. The summed E-state index contributed by atoms with van der Waals surface area (Å²) in [6, 6.07) is 7.08. The molecule has 1 amide bonds. The first-order valence-corrected chi connectivity index (χ1v) is 10.2. The number of aryl methyl sites for hydroxylation is 1. The Morgan fingerprint density at radius 3 is 2.63 bits per heavy atom. The third-order valence-corrected chi connectivity index (χ3v) is 5.61. The van der Waals surface area contributed by atoms with Gasteiger partial charge in [0.1, 0.15) is 5.02 Å². The molecule has 2 N–H and O–H groups in total. The minimum atomic E-state index is -0.395. The number of fused-ring (bicyclic) bond motifs is 1. The number of ether oxygens (including phenoxy) is 1. The van der Waals surface area contributed by atoms with Gasteiger partial charge in [-0.2, -0.15) is 4.63 Å². The Hall–Kier alpha value is -3.13. The van der Waals surface area contributed by atoms with E-state index in [1.807, 2.05) is 13.8 Å². The van der Waals surface area contributed by atoms with E-state index >= 15 is 0 Å². The van der Waals surface area contributed by atoms with E-state index in [0.29, 0.717) is 27.8 Å². The van der Waals surface area contributed by atoms with Crippen LogP contribution in [0.1, 0.15) is 38.3 Å². The lowest BCUT2D eigenvalue weighted by atomic mass is 9.93. The second-order valence-corrected chi connectivity index (χ2v) is 7.77. The molecule has 156 valence electrons. The molecule has 4 rings (SSSR count). The highest BCUT2D eigenvalue weighted by atomic mass is 35.5. The lowest BCUT2D eigenvalue weighted by Gasteiger charge is -2.16. The molecule has 0 saturated carbocycles. The van der Waals surface area contributed by atoms with Gasteiger partial charge in [0.25, 0.3) is 5.91 Å². The van der Waals surface area contributed by atoms with Crippen molar-refractivity contribution in [1.29, 1.82) is 0 Å². The molecular formula is C21H22ClN5O3. The number of nitrogens with zero attached hydrogens (tertiary/aromatic N) is 3. The van der Waals surface area contributed by atoms with Gasteiger partial charge >= 0.3 is 5.97 Å². The quantitative estimate of drug-likeness (QED) is 0.598. The number of anilines is 1. The number of carbonyl (C=O) groups is 2. The van der Waals surface area contributed by atoms with Crippen LogP contribution in [0.2, 0.25) is 5.02 Å². The standard InChI is InChI=1S/C21H22ClN5O3/c1-12-5-3-4-6-16(12)21(29)30-11-17(28)23-15-9-7-14(8-10-15)19-24-20-18(22)13(2)25-27(20)26-19/h7-10,25H,3-6,11H2,1-2H3,(H,23,28). The molecule has 0 spiro atoms. The predicted octanol–water partition coefficient (Wildman–Crippen LogP) is 4.06. The van der Waals surface area contributed by atoms with Crippen LogP contribution < -0.4 is 5.32 Å². The van der Waals surface area contributed by atoms with Crippen molar-refractivity contribution in [3.05, 3.63) is 46.1 Å². The van der Waals surface area contributed by atoms with Crippen LogP contribution in [0.4, 0.5) is 5.69 Å². The van der Waals surface area contributed by atoms with Gasteiger partial charge in [0.05, 0.1) is 5.69 Å². The van der Waals surface area contributed by atoms with E-state index in [1.54, 1.807) is 24.3 Å². The summed E-state index contributed by atoms with van der Waals surface area (Å²) in [6.07, 6.45) is 3.70. The molecule has 0 unspecified atom stereocenters. The zero-order chi connectivity index (χ0) is 21.3. The monoisotopic (exact) mass is 427 g/mol. The normalized spacial score (nSPS) is 14.2. The third-order valence-electron chi connectivity index (χ3n) is 5.16. The first-order chi connectivity index (χ1) is 14.4. The highest BCUT2D eigenvalue weighted by Crippen LogP contribution is 2.26. The van der Waals surface area contributed by atoms with Crippen LogP contribution in [0.25, 0.3) is 17.0 Å². The SMILES string of the molecule is CC1=C(C(=O)OCC(=O)Nc2ccc(-c3nc4c(Cl)c(C)[nH]n4n3)cc2)CCCC1. The summed E-state index contributed by atoms with van der Waals surface area (Å²) in [7, 11) is 0. The van der Waals surface area contributed by atoms with Crippen LogP contribution in [-0.2, 0) is 14.3 Å². The number of esters is 1. The number of allylic oxidation sites excluding steroid dienone is 1. The van der Waals surface area contributed by atoms with E-state index in [9.17, 15) is 9.59 Å². The first-order valence-electron chi connectivity index (χ1n) is 9.79. The fourth-order valence-corrected chi connectivity index (χ4v) is 3.65. The Labute approximate surface area is 178 Å². The van der Waals surface area contributed by atoms with Crippen LogP contribution in [-0.4, -0.2) is 38.3 Å². The van der Waals surface area contributed by atoms with E-state index in [0.717, 1.165) is 42.5 Å². The Morgan fingerprint density at radius 2 is 1.93 bits per heavy atom. The average Bonchev–Trinajstić information content (AvgIpc) is 3.26. The first kappa shape index (κ1) is 20.2. The van der Waals surface area contributed by atoms with Crippen LogP contribution in [0.5, 0.6) is 0 Å². The number of benzene rings is 1. The van der Waals surface area contributed by atoms with Crippen LogP contribution in [0.3, 0.4) is 0 Å². The van der Waals surface area contributed by atoms with Crippen molar-refractivity contribution >= 4 is 34.8 Å². The van der Waals surface area contributed by atoms with Gasteiger partial charge < -0.3 is 10.1 Å². The van der Waals surface area contributed by atoms with Crippen LogP contribution >= 0.6 is 11.6 Å². The molecule has 2 aromatic heterocycles. The number of carbonyl (C=O) groups excluding carboxylic acids is 2. The topological polar surface area (TPSA) is 101 Å². The number of aromatic nitrogens is 4. The van der Waals surface area contributed by atoms with Gasteiger partial charge in [-0.25, -0.2) is 9.78 Å². The van der Waals surface area contributed by atoms with E-state index in [1.165, 1.54) is 4.63 Å². The van der Waals surface area contributed by atoms with Gasteiger partial charge in [-0.1, -0.05) is 17.2 Å². The van der Waals surface area contributed by atoms with E-state index < -0.39 is 5.97 Å². The highest BCUT2D eigenvalue weighted by molar-refractivity contribution is 6.34. The number of halogens is 1. The second kappa shape index (κ2) is 8.31. The predicted molar refractivity (Wildman–Crippen MR) is 113 cm³/mol. The Bertz CT molecular complexity index is 1140. The van der Waals surface area contributed by atoms with Crippen molar-refractivity contribution in [2.75, 3.05) is 11.9 Å². The molecule has 0 radical (unpaired) electrons. The smallest absolute Gasteiger partial charge is 0.334 e. The molecule has 1 aromatic carbocycles. The van der Waals surface area contributed by atoms with Crippen LogP contribution in [0.15, 0.2) is 35.4 Å².